The van der Waals surface area contributed by atoms with Gasteiger partial charge in [-0.25, -0.2) is 0 Å². The quantitative estimate of drug-likeness (QED) is 0.847. The lowest BCUT2D eigenvalue weighted by Crippen LogP contribution is -2.44. The molecule has 1 fully saturated rings. The molecule has 3 nitrogen and oxygen atoms in total. The highest BCUT2D eigenvalue weighted by Crippen LogP contribution is 2.26. The first-order chi connectivity index (χ1) is 10.1. The van der Waals surface area contributed by atoms with Gasteiger partial charge in [0.1, 0.15) is 0 Å². The van der Waals surface area contributed by atoms with Crippen molar-refractivity contribution < 1.29 is 0 Å². The molecule has 4 heteroatoms. The number of hydrogen-bond donors (Lipinski definition) is 0. The van der Waals surface area contributed by atoms with E-state index in [-0.39, 0.29) is 0 Å². The van der Waals surface area contributed by atoms with E-state index in [0.717, 1.165) is 48.0 Å². The average molecular weight is 302 g/mol. The molecule has 0 atom stereocenters. The van der Waals surface area contributed by atoms with Crippen LogP contribution in [0.2, 0.25) is 5.02 Å². The fourth-order valence-corrected chi connectivity index (χ4v) is 2.77. The number of likely N-dealkylation sites (N-methyl/N-ethyl adjacent to an activating group) is 1. The summed E-state index contributed by atoms with van der Waals surface area (Å²) >= 11 is 6.22. The van der Waals surface area contributed by atoms with Crippen LogP contribution in [0.15, 0.2) is 36.5 Å². The zero-order chi connectivity index (χ0) is 14.8. The first kappa shape index (κ1) is 14.4. The Morgan fingerprint density at radius 3 is 2.52 bits per heavy atom. The van der Waals surface area contributed by atoms with Gasteiger partial charge in [-0.2, -0.15) is 0 Å². The molecule has 1 aromatic heterocycles. The van der Waals surface area contributed by atoms with Crippen LogP contribution in [0, 0.1) is 6.92 Å². The Morgan fingerprint density at radius 2 is 1.81 bits per heavy atom. The summed E-state index contributed by atoms with van der Waals surface area (Å²) < 4.78 is 0. The lowest BCUT2D eigenvalue weighted by Gasteiger charge is -2.34. The first-order valence-corrected chi connectivity index (χ1v) is 7.67. The van der Waals surface area contributed by atoms with Crippen LogP contribution in [0.25, 0.3) is 11.3 Å². The normalized spacial score (nSPS) is 16.2. The molecule has 1 aliphatic heterocycles. The van der Waals surface area contributed by atoms with Gasteiger partial charge in [-0.05, 0) is 37.7 Å². The number of rotatable bonds is 2. The number of hydrogen-bond acceptors (Lipinski definition) is 3. The fourth-order valence-electron chi connectivity index (χ4n) is 2.59. The largest absolute Gasteiger partial charge is 0.369 e. The van der Waals surface area contributed by atoms with Crippen molar-refractivity contribution in [2.24, 2.45) is 0 Å². The molecular weight excluding hydrogens is 282 g/mol. The molecular formula is C17H20ClN3. The van der Waals surface area contributed by atoms with Crippen molar-refractivity contribution in [2.75, 3.05) is 38.1 Å². The van der Waals surface area contributed by atoms with Gasteiger partial charge in [0, 0.05) is 48.6 Å². The van der Waals surface area contributed by atoms with E-state index in [0.29, 0.717) is 0 Å². The standard InChI is InChI=1S/C17H20ClN3/c1-13-3-4-14(11-16(13)18)17-12-15(5-6-19-17)21-9-7-20(2)8-10-21/h3-6,11-12H,7-10H2,1-2H3. The molecule has 3 rings (SSSR count). The fraction of sp³-hybridized carbons (Fsp3) is 0.353. The Labute approximate surface area is 131 Å². The molecule has 2 aromatic rings. The third-order valence-electron chi connectivity index (χ3n) is 4.08. The second-order valence-corrected chi connectivity index (χ2v) is 6.06. The predicted molar refractivity (Wildman–Crippen MR) is 89.1 cm³/mol. The monoisotopic (exact) mass is 301 g/mol. The number of nitrogens with zero attached hydrogens (tertiary/aromatic N) is 3. The number of anilines is 1. The van der Waals surface area contributed by atoms with E-state index in [9.17, 15) is 0 Å². The summed E-state index contributed by atoms with van der Waals surface area (Å²) in [5.74, 6) is 0. The van der Waals surface area contributed by atoms with E-state index in [1.807, 2.05) is 25.3 Å². The Hall–Kier alpha value is -1.58. The number of benzene rings is 1. The summed E-state index contributed by atoms with van der Waals surface area (Å²) in [7, 11) is 2.17. The Morgan fingerprint density at radius 1 is 1.05 bits per heavy atom. The molecule has 0 amide bonds. The molecule has 110 valence electrons. The SMILES string of the molecule is Cc1ccc(-c2cc(N3CCN(C)CC3)ccn2)cc1Cl. The smallest absolute Gasteiger partial charge is 0.0723 e. The van der Waals surface area contributed by atoms with Crippen molar-refractivity contribution in [3.05, 3.63) is 47.1 Å². The highest BCUT2D eigenvalue weighted by molar-refractivity contribution is 6.31. The number of aromatic nitrogens is 1. The zero-order valence-electron chi connectivity index (χ0n) is 12.5. The molecule has 1 saturated heterocycles. The minimum absolute atomic E-state index is 0.791. The number of aryl methyl sites for hydroxylation is 1. The van der Waals surface area contributed by atoms with Gasteiger partial charge in [-0.15, -0.1) is 0 Å². The van der Waals surface area contributed by atoms with Crippen molar-refractivity contribution in [3.8, 4) is 11.3 Å². The van der Waals surface area contributed by atoms with Crippen molar-refractivity contribution >= 4 is 17.3 Å². The summed E-state index contributed by atoms with van der Waals surface area (Å²) in [6.45, 7) is 6.35. The van der Waals surface area contributed by atoms with Gasteiger partial charge in [0.2, 0.25) is 0 Å². The molecule has 0 saturated carbocycles. The molecule has 1 aliphatic rings. The van der Waals surface area contributed by atoms with Crippen LogP contribution in [0.3, 0.4) is 0 Å². The number of halogens is 1. The Balaban J connectivity index is 1.87. The second-order valence-electron chi connectivity index (χ2n) is 5.65. The van der Waals surface area contributed by atoms with Gasteiger partial charge >= 0.3 is 0 Å². The number of piperazine rings is 1. The summed E-state index contributed by atoms with van der Waals surface area (Å²) in [4.78, 5) is 9.27. The Kier molecular flexibility index (Phi) is 4.13. The van der Waals surface area contributed by atoms with E-state index in [1.165, 1.54) is 5.69 Å². The molecule has 0 N–H and O–H groups in total. The second kappa shape index (κ2) is 6.04. The van der Waals surface area contributed by atoms with E-state index < -0.39 is 0 Å². The molecule has 0 unspecified atom stereocenters. The lowest BCUT2D eigenvalue weighted by atomic mass is 10.1. The molecule has 2 heterocycles. The summed E-state index contributed by atoms with van der Waals surface area (Å²) in [6.07, 6.45) is 1.89. The highest BCUT2D eigenvalue weighted by Gasteiger charge is 2.15. The van der Waals surface area contributed by atoms with Crippen molar-refractivity contribution in [1.29, 1.82) is 0 Å². The van der Waals surface area contributed by atoms with Gasteiger partial charge in [0.25, 0.3) is 0 Å². The van der Waals surface area contributed by atoms with Crippen LogP contribution < -0.4 is 4.90 Å². The van der Waals surface area contributed by atoms with Gasteiger partial charge in [-0.3, -0.25) is 4.98 Å². The molecule has 0 radical (unpaired) electrons. The van der Waals surface area contributed by atoms with Crippen LogP contribution in [0.5, 0.6) is 0 Å². The van der Waals surface area contributed by atoms with E-state index in [4.69, 9.17) is 11.6 Å². The molecule has 0 aliphatic carbocycles. The van der Waals surface area contributed by atoms with E-state index in [2.05, 4.69) is 40.0 Å². The zero-order valence-corrected chi connectivity index (χ0v) is 13.3. The van der Waals surface area contributed by atoms with E-state index >= 15 is 0 Å². The summed E-state index contributed by atoms with van der Waals surface area (Å²) in [5, 5.41) is 0.791. The molecule has 21 heavy (non-hydrogen) atoms. The first-order valence-electron chi connectivity index (χ1n) is 7.29. The minimum Gasteiger partial charge on any atom is -0.369 e. The summed E-state index contributed by atoms with van der Waals surface area (Å²) in [5.41, 5.74) is 4.38. The highest BCUT2D eigenvalue weighted by atomic mass is 35.5. The summed E-state index contributed by atoms with van der Waals surface area (Å²) in [6, 6.07) is 10.4. The molecule has 0 bridgehead atoms. The van der Waals surface area contributed by atoms with Crippen LogP contribution in [0.1, 0.15) is 5.56 Å². The predicted octanol–water partition coefficient (Wildman–Crippen LogP) is 3.46. The van der Waals surface area contributed by atoms with Crippen LogP contribution in [0.4, 0.5) is 5.69 Å². The van der Waals surface area contributed by atoms with Gasteiger partial charge in [0.05, 0.1) is 5.69 Å². The van der Waals surface area contributed by atoms with Crippen LogP contribution in [-0.4, -0.2) is 43.1 Å². The van der Waals surface area contributed by atoms with Gasteiger partial charge in [-0.1, -0.05) is 23.7 Å². The lowest BCUT2D eigenvalue weighted by molar-refractivity contribution is 0.313. The number of pyridine rings is 1. The Bertz CT molecular complexity index is 634. The van der Waals surface area contributed by atoms with Crippen molar-refractivity contribution in [2.45, 2.75) is 6.92 Å². The van der Waals surface area contributed by atoms with Crippen LogP contribution >= 0.6 is 11.6 Å². The average Bonchev–Trinajstić information content (AvgIpc) is 2.51. The molecule has 1 aromatic carbocycles. The maximum atomic E-state index is 6.22. The maximum Gasteiger partial charge on any atom is 0.0723 e. The van der Waals surface area contributed by atoms with Gasteiger partial charge < -0.3 is 9.80 Å². The minimum atomic E-state index is 0.791. The third kappa shape index (κ3) is 3.20. The maximum absolute atomic E-state index is 6.22. The van der Waals surface area contributed by atoms with Crippen molar-refractivity contribution in [3.63, 3.8) is 0 Å². The van der Waals surface area contributed by atoms with E-state index in [1.54, 1.807) is 0 Å². The van der Waals surface area contributed by atoms with Gasteiger partial charge in [0.15, 0.2) is 0 Å². The topological polar surface area (TPSA) is 19.4 Å². The van der Waals surface area contributed by atoms with Crippen LogP contribution in [-0.2, 0) is 0 Å². The molecule has 0 spiro atoms. The van der Waals surface area contributed by atoms with Crippen molar-refractivity contribution in [1.82, 2.24) is 9.88 Å². The third-order valence-corrected chi connectivity index (χ3v) is 4.49.